The van der Waals surface area contributed by atoms with Crippen LogP contribution in [-0.2, 0) is 14.4 Å². The number of likely N-dealkylation sites (tertiary alicyclic amines) is 1. The number of imide groups is 1. The lowest BCUT2D eigenvalue weighted by Gasteiger charge is -2.19. The van der Waals surface area contributed by atoms with E-state index in [1.165, 1.54) is 10.5 Å². The molecule has 0 aromatic heterocycles. The molecule has 0 radical (unpaired) electrons. The van der Waals surface area contributed by atoms with E-state index in [1.807, 2.05) is 0 Å². The molecule has 0 aromatic carbocycles. The first-order chi connectivity index (χ1) is 13.3. The van der Waals surface area contributed by atoms with Crippen LogP contribution in [-0.4, -0.2) is 41.8 Å². The molecule has 2 atom stereocenters. The van der Waals surface area contributed by atoms with Crippen molar-refractivity contribution in [3.63, 3.8) is 0 Å². The smallest absolute Gasteiger partial charge is 0.239 e. The normalized spacial score (nSPS) is 19.8. The van der Waals surface area contributed by atoms with Crippen LogP contribution >= 0.6 is 0 Å². The Bertz CT molecular complexity index is 633. The third kappa shape index (κ3) is 7.13. The van der Waals surface area contributed by atoms with Crippen LogP contribution in [0.15, 0.2) is 23.9 Å². The lowest BCUT2D eigenvalue weighted by Crippen LogP contribution is -2.41. The molecular weight excluding hydrogens is 354 g/mol. The van der Waals surface area contributed by atoms with Crippen molar-refractivity contribution in [2.24, 2.45) is 11.8 Å². The summed E-state index contributed by atoms with van der Waals surface area (Å²) in [7, 11) is 0. The molecule has 2 rings (SSSR count). The zero-order valence-corrected chi connectivity index (χ0v) is 17.6. The van der Waals surface area contributed by atoms with Crippen molar-refractivity contribution < 1.29 is 14.4 Å². The molecule has 1 aliphatic carbocycles. The van der Waals surface area contributed by atoms with E-state index in [1.54, 1.807) is 6.92 Å². The fraction of sp³-hybridized carbons (Fsp3) is 0.682. The van der Waals surface area contributed by atoms with Crippen molar-refractivity contribution in [3.05, 3.63) is 23.9 Å². The summed E-state index contributed by atoms with van der Waals surface area (Å²) in [4.78, 5) is 37.1. The van der Waals surface area contributed by atoms with E-state index in [4.69, 9.17) is 0 Å². The lowest BCUT2D eigenvalue weighted by atomic mass is 10.0. The van der Waals surface area contributed by atoms with Crippen molar-refractivity contribution >= 4 is 17.7 Å². The van der Waals surface area contributed by atoms with Gasteiger partial charge < -0.3 is 10.6 Å². The first-order valence-corrected chi connectivity index (χ1v) is 10.5. The monoisotopic (exact) mass is 389 g/mol. The summed E-state index contributed by atoms with van der Waals surface area (Å²) in [6, 6.07) is 0.0961. The Labute approximate surface area is 168 Å². The predicted octanol–water partition coefficient (Wildman–Crippen LogP) is 2.91. The molecule has 1 saturated heterocycles. The average molecular weight is 390 g/mol. The van der Waals surface area contributed by atoms with Crippen molar-refractivity contribution in [1.82, 2.24) is 15.5 Å². The third-order valence-corrected chi connectivity index (χ3v) is 5.33. The van der Waals surface area contributed by atoms with E-state index < -0.39 is 0 Å². The van der Waals surface area contributed by atoms with E-state index in [9.17, 15) is 14.4 Å². The molecule has 0 aromatic rings. The van der Waals surface area contributed by atoms with Crippen LogP contribution in [0.4, 0.5) is 0 Å². The van der Waals surface area contributed by atoms with Gasteiger partial charge in [-0.1, -0.05) is 45.4 Å². The number of rotatable bonds is 12. The van der Waals surface area contributed by atoms with Crippen molar-refractivity contribution in [1.29, 1.82) is 0 Å². The lowest BCUT2D eigenvalue weighted by molar-refractivity contribution is -0.139. The Morgan fingerprint density at radius 3 is 2.54 bits per heavy atom. The zero-order valence-electron chi connectivity index (χ0n) is 17.6. The van der Waals surface area contributed by atoms with E-state index >= 15 is 0 Å². The van der Waals surface area contributed by atoms with Crippen molar-refractivity contribution in [3.8, 4) is 0 Å². The molecule has 6 heteroatoms. The Hall–Kier alpha value is -2.11. The molecule has 2 N–H and O–H groups in total. The Kier molecular flexibility index (Phi) is 8.27. The highest BCUT2D eigenvalue weighted by Crippen LogP contribution is 2.28. The number of carbonyl (C=O) groups excluding carboxylic acids is 3. The highest BCUT2D eigenvalue weighted by molar-refractivity contribution is 6.03. The number of nitrogens with zero attached hydrogens (tertiary/aromatic N) is 1. The molecule has 0 spiro atoms. The standard InChI is InChI=1S/C22H35N3O3/c1-15(2)19(13-18-9-10-18)24-20(26)14-23-17(4)8-6-5-7-11-25-21(27)12-16(3)22(25)28/h13,15-16,19,23H,4-12,14H2,1-3H3,(H,24,26). The van der Waals surface area contributed by atoms with Crippen LogP contribution in [0.2, 0.25) is 0 Å². The van der Waals surface area contributed by atoms with Gasteiger partial charge in [-0.25, -0.2) is 0 Å². The summed E-state index contributed by atoms with van der Waals surface area (Å²) in [6.07, 6.45) is 8.28. The van der Waals surface area contributed by atoms with Gasteiger partial charge in [0.05, 0.1) is 6.54 Å². The van der Waals surface area contributed by atoms with Crippen molar-refractivity contribution in [2.75, 3.05) is 13.1 Å². The van der Waals surface area contributed by atoms with Gasteiger partial charge in [-0.3, -0.25) is 19.3 Å². The molecule has 156 valence electrons. The summed E-state index contributed by atoms with van der Waals surface area (Å²) < 4.78 is 0. The summed E-state index contributed by atoms with van der Waals surface area (Å²) >= 11 is 0. The van der Waals surface area contributed by atoms with Gasteiger partial charge in [0.15, 0.2) is 0 Å². The molecule has 0 bridgehead atoms. The van der Waals surface area contributed by atoms with E-state index in [-0.39, 0.29) is 36.2 Å². The number of hydrogen-bond acceptors (Lipinski definition) is 4. The van der Waals surface area contributed by atoms with E-state index in [0.717, 1.165) is 44.2 Å². The topological polar surface area (TPSA) is 78.5 Å². The minimum absolute atomic E-state index is 0.0162. The molecule has 2 unspecified atom stereocenters. The summed E-state index contributed by atoms with van der Waals surface area (Å²) in [5.74, 6) is 0.0965. The summed E-state index contributed by atoms with van der Waals surface area (Å²) in [5.41, 5.74) is 2.28. The maximum atomic E-state index is 12.2. The van der Waals surface area contributed by atoms with Gasteiger partial charge in [0.2, 0.25) is 17.7 Å². The Morgan fingerprint density at radius 1 is 1.25 bits per heavy atom. The molecule has 1 aliphatic heterocycles. The van der Waals surface area contributed by atoms with Crippen LogP contribution in [0.25, 0.3) is 0 Å². The molecule has 1 heterocycles. The Morgan fingerprint density at radius 2 is 1.96 bits per heavy atom. The molecular formula is C22H35N3O3. The zero-order chi connectivity index (χ0) is 20.7. The van der Waals surface area contributed by atoms with Crippen molar-refractivity contribution in [2.45, 2.75) is 71.8 Å². The second kappa shape index (κ2) is 10.4. The fourth-order valence-corrected chi connectivity index (χ4v) is 3.29. The van der Waals surface area contributed by atoms with Gasteiger partial charge in [0, 0.05) is 30.6 Å². The second-order valence-electron chi connectivity index (χ2n) is 8.42. The number of unbranched alkanes of at least 4 members (excludes halogenated alkanes) is 2. The van der Waals surface area contributed by atoms with Crippen LogP contribution < -0.4 is 10.6 Å². The number of carbonyl (C=O) groups is 3. The average Bonchev–Trinajstić information content (AvgIpc) is 3.41. The molecule has 6 nitrogen and oxygen atoms in total. The van der Waals surface area contributed by atoms with Gasteiger partial charge in [0.1, 0.15) is 0 Å². The molecule has 3 amide bonds. The number of nitrogens with one attached hydrogen (secondary N) is 2. The molecule has 2 fully saturated rings. The van der Waals surface area contributed by atoms with Gasteiger partial charge in [-0.05, 0) is 38.0 Å². The number of allylic oxidation sites excluding steroid dienone is 2. The minimum atomic E-state index is -0.168. The largest absolute Gasteiger partial charge is 0.380 e. The quantitative estimate of drug-likeness (QED) is 0.306. The van der Waals surface area contributed by atoms with Gasteiger partial charge in [-0.2, -0.15) is 0 Å². The maximum Gasteiger partial charge on any atom is 0.239 e. The molecule has 28 heavy (non-hydrogen) atoms. The predicted molar refractivity (Wildman–Crippen MR) is 110 cm³/mol. The molecule has 2 aliphatic rings. The fourth-order valence-electron chi connectivity index (χ4n) is 3.29. The summed E-state index contributed by atoms with van der Waals surface area (Å²) in [5, 5.41) is 6.18. The summed E-state index contributed by atoms with van der Waals surface area (Å²) in [6.45, 7) is 10.8. The molecule has 1 saturated carbocycles. The Balaban J connectivity index is 1.56. The van der Waals surface area contributed by atoms with Gasteiger partial charge in [0.25, 0.3) is 0 Å². The van der Waals surface area contributed by atoms with Crippen LogP contribution in [0, 0.1) is 11.8 Å². The van der Waals surface area contributed by atoms with E-state index in [0.29, 0.717) is 18.9 Å². The highest BCUT2D eigenvalue weighted by Gasteiger charge is 2.34. The first-order valence-electron chi connectivity index (χ1n) is 10.5. The minimum Gasteiger partial charge on any atom is -0.380 e. The third-order valence-electron chi connectivity index (χ3n) is 5.33. The van der Waals surface area contributed by atoms with Gasteiger partial charge in [-0.15, -0.1) is 0 Å². The van der Waals surface area contributed by atoms with Gasteiger partial charge >= 0.3 is 0 Å². The number of amides is 3. The van der Waals surface area contributed by atoms with E-state index in [2.05, 4.69) is 37.1 Å². The SMILES string of the molecule is C=C(CCCCCN1C(=O)CC(C)C1=O)NCC(=O)NC(C=C1CC1)C(C)C. The van der Waals surface area contributed by atoms with Crippen LogP contribution in [0.1, 0.15) is 65.7 Å². The van der Waals surface area contributed by atoms with Crippen LogP contribution in [0.5, 0.6) is 0 Å². The van der Waals surface area contributed by atoms with Crippen LogP contribution in [0.3, 0.4) is 0 Å². The highest BCUT2D eigenvalue weighted by atomic mass is 16.2. The first kappa shape index (κ1) is 22.2. The number of hydrogen-bond donors (Lipinski definition) is 2. The maximum absolute atomic E-state index is 12.2. The second-order valence-corrected chi connectivity index (χ2v) is 8.42.